The standard InChI is InChI=1S/C24H22ClFN8O2/c25-18-11-14-3-1-2-4-15(14)22(31-18)32-7-9-33(10-8-32)24(36)21(35)16-12-29-20-19(16)17(26)13-30-23(20)34(28)6-5-27/h1-6,11-13,29H,7-10,27-28H2/b6-5-. The quantitative estimate of drug-likeness (QED) is 0.123. The maximum absolute atomic E-state index is 14.7. The first-order valence-corrected chi connectivity index (χ1v) is 11.5. The number of carbonyl (C=O) groups is 2. The highest BCUT2D eigenvalue weighted by molar-refractivity contribution is 6.45. The highest BCUT2D eigenvalue weighted by Crippen LogP contribution is 2.30. The Morgan fingerprint density at radius 3 is 2.69 bits per heavy atom. The molecular formula is C24H22ClFN8O2. The molecule has 1 aliphatic heterocycles. The summed E-state index contributed by atoms with van der Waals surface area (Å²) < 4.78 is 14.7. The number of nitrogens with two attached hydrogens (primary N) is 2. The molecule has 1 aliphatic rings. The average molecular weight is 509 g/mol. The average Bonchev–Trinajstić information content (AvgIpc) is 3.34. The summed E-state index contributed by atoms with van der Waals surface area (Å²) in [6, 6.07) is 9.59. The van der Waals surface area contributed by atoms with Gasteiger partial charge in [-0.25, -0.2) is 20.2 Å². The minimum absolute atomic E-state index is 0.0625. The molecule has 36 heavy (non-hydrogen) atoms. The van der Waals surface area contributed by atoms with Crippen LogP contribution in [0.5, 0.6) is 0 Å². The number of ketones is 1. The van der Waals surface area contributed by atoms with Gasteiger partial charge in [0.05, 0.1) is 22.7 Å². The number of nitrogens with zero attached hydrogens (tertiary/aromatic N) is 5. The number of hydrazine groups is 1. The van der Waals surface area contributed by atoms with Crippen molar-refractivity contribution in [1.29, 1.82) is 0 Å². The molecule has 184 valence electrons. The molecule has 0 atom stereocenters. The molecule has 0 radical (unpaired) electrons. The second-order valence-electron chi connectivity index (χ2n) is 8.23. The molecule has 1 fully saturated rings. The zero-order chi connectivity index (χ0) is 25.4. The van der Waals surface area contributed by atoms with Crippen LogP contribution in [0.25, 0.3) is 21.7 Å². The maximum Gasteiger partial charge on any atom is 0.295 e. The molecule has 4 aromatic rings. The monoisotopic (exact) mass is 508 g/mol. The van der Waals surface area contributed by atoms with Crippen molar-refractivity contribution in [3.05, 3.63) is 71.7 Å². The van der Waals surface area contributed by atoms with E-state index in [1.54, 1.807) is 6.07 Å². The number of rotatable bonds is 5. The van der Waals surface area contributed by atoms with Crippen LogP contribution in [-0.2, 0) is 4.79 Å². The van der Waals surface area contributed by atoms with Crippen LogP contribution in [0, 0.1) is 5.82 Å². The third-order valence-corrected chi connectivity index (χ3v) is 6.32. The van der Waals surface area contributed by atoms with Crippen molar-refractivity contribution in [2.24, 2.45) is 11.6 Å². The highest BCUT2D eigenvalue weighted by Gasteiger charge is 2.30. The normalized spacial score (nSPS) is 14.2. The lowest BCUT2D eigenvalue weighted by Gasteiger charge is -2.35. The van der Waals surface area contributed by atoms with Gasteiger partial charge in [0.1, 0.15) is 11.0 Å². The Hall–Kier alpha value is -4.22. The smallest absolute Gasteiger partial charge is 0.295 e. The van der Waals surface area contributed by atoms with Gasteiger partial charge in [-0.05, 0) is 11.5 Å². The Labute approximate surface area is 209 Å². The predicted molar refractivity (Wildman–Crippen MR) is 136 cm³/mol. The Morgan fingerprint density at radius 2 is 1.94 bits per heavy atom. The topological polar surface area (TPSA) is 137 Å². The van der Waals surface area contributed by atoms with Crippen molar-refractivity contribution in [3.8, 4) is 0 Å². The number of carbonyl (C=O) groups excluding carboxylic acids is 2. The van der Waals surface area contributed by atoms with E-state index in [9.17, 15) is 14.0 Å². The summed E-state index contributed by atoms with van der Waals surface area (Å²) in [6.45, 7) is 1.51. The summed E-state index contributed by atoms with van der Waals surface area (Å²) >= 11 is 6.22. The number of amides is 1. The fourth-order valence-corrected chi connectivity index (χ4v) is 4.60. The Balaban J connectivity index is 1.36. The minimum atomic E-state index is -0.824. The lowest BCUT2D eigenvalue weighted by Crippen LogP contribution is -2.51. The molecule has 10 nitrogen and oxygen atoms in total. The fourth-order valence-electron chi connectivity index (χ4n) is 4.40. The number of hydrogen-bond acceptors (Lipinski definition) is 8. The summed E-state index contributed by atoms with van der Waals surface area (Å²) in [4.78, 5) is 41.0. The molecule has 5 N–H and O–H groups in total. The molecule has 4 heterocycles. The first-order chi connectivity index (χ1) is 17.4. The van der Waals surface area contributed by atoms with Gasteiger partial charge in [-0.3, -0.25) is 14.6 Å². The summed E-state index contributed by atoms with van der Waals surface area (Å²) in [5.41, 5.74) is 5.45. The number of Topliss-reactive ketones (excluding diaryl/α,β-unsaturated/α-hetero) is 1. The van der Waals surface area contributed by atoms with Gasteiger partial charge < -0.3 is 20.5 Å². The molecule has 0 aliphatic carbocycles. The number of fused-ring (bicyclic) bond motifs is 2. The van der Waals surface area contributed by atoms with Crippen LogP contribution in [0.4, 0.5) is 16.0 Å². The molecule has 3 aromatic heterocycles. The van der Waals surface area contributed by atoms with E-state index >= 15 is 0 Å². The Morgan fingerprint density at radius 1 is 1.19 bits per heavy atom. The van der Waals surface area contributed by atoms with Crippen LogP contribution >= 0.6 is 11.6 Å². The number of piperazine rings is 1. The molecule has 1 saturated heterocycles. The summed E-state index contributed by atoms with van der Waals surface area (Å²) in [7, 11) is 0. The van der Waals surface area contributed by atoms with Crippen molar-refractivity contribution >= 4 is 56.6 Å². The largest absolute Gasteiger partial charge is 0.403 e. The number of hydrogen-bond donors (Lipinski definition) is 3. The third-order valence-electron chi connectivity index (χ3n) is 6.13. The lowest BCUT2D eigenvalue weighted by molar-refractivity contribution is -0.126. The summed E-state index contributed by atoms with van der Waals surface area (Å²) in [5, 5.41) is 3.32. The van der Waals surface area contributed by atoms with Gasteiger partial charge in [0.15, 0.2) is 11.6 Å². The van der Waals surface area contributed by atoms with Gasteiger partial charge in [-0.2, -0.15) is 0 Å². The van der Waals surface area contributed by atoms with Gasteiger partial charge >= 0.3 is 0 Å². The van der Waals surface area contributed by atoms with E-state index in [2.05, 4.69) is 15.0 Å². The zero-order valence-corrected chi connectivity index (χ0v) is 19.7. The molecule has 0 saturated carbocycles. The number of aromatic nitrogens is 3. The second kappa shape index (κ2) is 9.44. The Kier molecular flexibility index (Phi) is 6.17. The molecular weight excluding hydrogens is 487 g/mol. The van der Waals surface area contributed by atoms with Gasteiger partial charge in [-0.1, -0.05) is 35.9 Å². The van der Waals surface area contributed by atoms with E-state index in [1.807, 2.05) is 29.2 Å². The molecule has 1 amide bonds. The van der Waals surface area contributed by atoms with Crippen molar-refractivity contribution in [3.63, 3.8) is 0 Å². The number of anilines is 2. The van der Waals surface area contributed by atoms with Crippen LogP contribution in [-0.4, -0.2) is 57.7 Å². The van der Waals surface area contributed by atoms with Crippen molar-refractivity contribution in [2.75, 3.05) is 36.1 Å². The van der Waals surface area contributed by atoms with E-state index in [4.69, 9.17) is 23.2 Å². The molecule has 12 heteroatoms. The number of halogens is 2. The van der Waals surface area contributed by atoms with E-state index in [-0.39, 0.29) is 22.3 Å². The zero-order valence-electron chi connectivity index (χ0n) is 19.0. The van der Waals surface area contributed by atoms with Crippen LogP contribution in [0.3, 0.4) is 0 Å². The van der Waals surface area contributed by atoms with Crippen LogP contribution < -0.4 is 21.5 Å². The fraction of sp³-hybridized carbons (Fsp3) is 0.167. The van der Waals surface area contributed by atoms with Gasteiger partial charge in [0.2, 0.25) is 0 Å². The SMILES string of the molecule is N/C=C\N(N)c1ncc(F)c2c(C(=O)C(=O)N3CCN(c4nc(Cl)cc5ccccc45)CC3)c[nH]c12. The molecule has 0 bridgehead atoms. The second-order valence-corrected chi connectivity index (χ2v) is 8.62. The van der Waals surface area contributed by atoms with Crippen molar-refractivity contribution in [1.82, 2.24) is 19.9 Å². The maximum atomic E-state index is 14.7. The van der Waals surface area contributed by atoms with E-state index in [1.165, 1.54) is 23.5 Å². The summed E-state index contributed by atoms with van der Waals surface area (Å²) in [6.07, 6.45) is 4.75. The van der Waals surface area contributed by atoms with Gasteiger partial charge in [0, 0.05) is 50.2 Å². The molecule has 1 aromatic carbocycles. The lowest BCUT2D eigenvalue weighted by atomic mass is 10.1. The number of nitrogens with one attached hydrogen (secondary N) is 1. The first-order valence-electron chi connectivity index (χ1n) is 11.1. The number of benzene rings is 1. The highest BCUT2D eigenvalue weighted by atomic mass is 35.5. The predicted octanol–water partition coefficient (Wildman–Crippen LogP) is 2.55. The number of H-pyrrole nitrogens is 1. The third kappa shape index (κ3) is 4.08. The molecule has 0 unspecified atom stereocenters. The first kappa shape index (κ1) is 23.5. The Bertz CT molecular complexity index is 1510. The van der Waals surface area contributed by atoms with Crippen LogP contribution in [0.1, 0.15) is 10.4 Å². The molecule has 5 rings (SSSR count). The summed E-state index contributed by atoms with van der Waals surface area (Å²) in [5.74, 6) is 4.46. The van der Waals surface area contributed by atoms with Crippen LogP contribution in [0.15, 0.2) is 55.1 Å². The van der Waals surface area contributed by atoms with Gasteiger partial charge in [0.25, 0.3) is 11.7 Å². The van der Waals surface area contributed by atoms with E-state index in [0.29, 0.717) is 31.3 Å². The van der Waals surface area contributed by atoms with Crippen LogP contribution in [0.2, 0.25) is 5.15 Å². The number of aromatic amines is 1. The van der Waals surface area contributed by atoms with Crippen molar-refractivity contribution in [2.45, 2.75) is 0 Å². The molecule has 0 spiro atoms. The van der Waals surface area contributed by atoms with Crippen molar-refractivity contribution < 1.29 is 14.0 Å². The van der Waals surface area contributed by atoms with E-state index in [0.717, 1.165) is 27.8 Å². The minimum Gasteiger partial charge on any atom is -0.403 e. The number of pyridine rings is 2. The van der Waals surface area contributed by atoms with Gasteiger partial charge in [-0.15, -0.1) is 0 Å². The van der Waals surface area contributed by atoms with E-state index < -0.39 is 17.5 Å².